The SMILES string of the molecule is CCCCCCC(=O)NCCc1cc(-c2cccc3ccccc23)cc2ccc(N)cc12. The molecule has 164 valence electrons. The minimum absolute atomic E-state index is 0.148. The average molecular weight is 425 g/mol. The second-order valence-corrected chi connectivity index (χ2v) is 8.55. The number of unbranched alkanes of at least 4 members (excludes halogenated alkanes) is 3. The van der Waals surface area contributed by atoms with Crippen molar-refractivity contribution in [3.63, 3.8) is 0 Å². The fourth-order valence-electron chi connectivity index (χ4n) is 4.43. The summed E-state index contributed by atoms with van der Waals surface area (Å²) >= 11 is 0. The molecule has 0 saturated heterocycles. The predicted molar refractivity (Wildman–Crippen MR) is 137 cm³/mol. The van der Waals surface area contributed by atoms with E-state index in [4.69, 9.17) is 5.73 Å². The van der Waals surface area contributed by atoms with Gasteiger partial charge in [-0.15, -0.1) is 0 Å². The van der Waals surface area contributed by atoms with Gasteiger partial charge in [0.1, 0.15) is 0 Å². The van der Waals surface area contributed by atoms with Crippen molar-refractivity contribution in [3.05, 3.63) is 78.4 Å². The normalized spacial score (nSPS) is 11.2. The molecular formula is C29H32N2O. The van der Waals surface area contributed by atoms with E-state index in [1.54, 1.807) is 0 Å². The summed E-state index contributed by atoms with van der Waals surface area (Å²) in [5, 5.41) is 7.92. The van der Waals surface area contributed by atoms with E-state index in [9.17, 15) is 4.79 Å². The highest BCUT2D eigenvalue weighted by molar-refractivity contribution is 6.00. The van der Waals surface area contributed by atoms with Crippen molar-refractivity contribution in [2.75, 3.05) is 12.3 Å². The molecule has 32 heavy (non-hydrogen) atoms. The Bertz CT molecular complexity index is 1220. The van der Waals surface area contributed by atoms with Crippen LogP contribution in [0.25, 0.3) is 32.7 Å². The molecule has 0 aliphatic heterocycles. The van der Waals surface area contributed by atoms with Crippen LogP contribution in [0.3, 0.4) is 0 Å². The number of rotatable bonds is 9. The summed E-state index contributed by atoms with van der Waals surface area (Å²) in [5.74, 6) is 0.148. The topological polar surface area (TPSA) is 55.1 Å². The largest absolute Gasteiger partial charge is 0.399 e. The van der Waals surface area contributed by atoms with Gasteiger partial charge in [0.15, 0.2) is 0 Å². The highest BCUT2D eigenvalue weighted by atomic mass is 16.1. The molecular weight excluding hydrogens is 392 g/mol. The van der Waals surface area contributed by atoms with Gasteiger partial charge in [-0.1, -0.05) is 80.8 Å². The molecule has 0 radical (unpaired) electrons. The number of carbonyl (C=O) groups is 1. The fraction of sp³-hybridized carbons (Fsp3) is 0.276. The summed E-state index contributed by atoms with van der Waals surface area (Å²) in [7, 11) is 0. The van der Waals surface area contributed by atoms with E-state index in [0.717, 1.165) is 30.3 Å². The molecule has 3 nitrogen and oxygen atoms in total. The van der Waals surface area contributed by atoms with E-state index in [2.05, 4.69) is 72.9 Å². The third kappa shape index (κ3) is 5.11. The summed E-state index contributed by atoms with van der Waals surface area (Å²) in [6.45, 7) is 2.82. The van der Waals surface area contributed by atoms with Crippen LogP contribution in [0.5, 0.6) is 0 Å². The molecule has 0 saturated carbocycles. The maximum Gasteiger partial charge on any atom is 0.220 e. The number of fused-ring (bicyclic) bond motifs is 2. The number of nitrogen functional groups attached to an aromatic ring is 1. The zero-order valence-corrected chi connectivity index (χ0v) is 18.9. The minimum atomic E-state index is 0.148. The first-order valence-electron chi connectivity index (χ1n) is 11.7. The molecule has 0 aromatic heterocycles. The summed E-state index contributed by atoms with van der Waals surface area (Å²) in [6, 6.07) is 25.5. The van der Waals surface area contributed by atoms with Crippen LogP contribution in [0.4, 0.5) is 5.69 Å². The Morgan fingerprint density at radius 2 is 1.69 bits per heavy atom. The number of amides is 1. The first-order chi connectivity index (χ1) is 15.7. The number of anilines is 1. The molecule has 3 heteroatoms. The third-order valence-corrected chi connectivity index (χ3v) is 6.14. The minimum Gasteiger partial charge on any atom is -0.399 e. The van der Waals surface area contributed by atoms with Crippen molar-refractivity contribution in [3.8, 4) is 11.1 Å². The summed E-state index contributed by atoms with van der Waals surface area (Å²) in [6.07, 6.45) is 5.87. The van der Waals surface area contributed by atoms with Gasteiger partial charge in [0.2, 0.25) is 5.91 Å². The molecule has 4 rings (SSSR count). The second-order valence-electron chi connectivity index (χ2n) is 8.55. The maximum absolute atomic E-state index is 12.2. The molecule has 3 N–H and O–H groups in total. The van der Waals surface area contributed by atoms with Gasteiger partial charge >= 0.3 is 0 Å². The van der Waals surface area contributed by atoms with Gasteiger partial charge in [-0.3, -0.25) is 4.79 Å². The van der Waals surface area contributed by atoms with Crippen molar-refractivity contribution < 1.29 is 4.79 Å². The van der Waals surface area contributed by atoms with E-state index in [0.29, 0.717) is 13.0 Å². The molecule has 4 aromatic carbocycles. The molecule has 0 fully saturated rings. The van der Waals surface area contributed by atoms with Crippen LogP contribution in [0, 0.1) is 0 Å². The Labute approximate surface area is 190 Å². The van der Waals surface area contributed by atoms with Crippen LogP contribution in [-0.2, 0) is 11.2 Å². The zero-order valence-electron chi connectivity index (χ0n) is 18.9. The number of benzene rings is 4. The van der Waals surface area contributed by atoms with Gasteiger partial charge in [0.25, 0.3) is 0 Å². The number of nitrogens with one attached hydrogen (secondary N) is 1. The van der Waals surface area contributed by atoms with E-state index in [-0.39, 0.29) is 5.91 Å². The quantitative estimate of drug-likeness (QED) is 0.227. The van der Waals surface area contributed by atoms with Crippen LogP contribution in [0.2, 0.25) is 0 Å². The van der Waals surface area contributed by atoms with Crippen LogP contribution in [0.1, 0.15) is 44.6 Å². The highest BCUT2D eigenvalue weighted by Crippen LogP contribution is 2.33. The molecule has 4 aromatic rings. The second kappa shape index (κ2) is 10.3. The average Bonchev–Trinajstić information content (AvgIpc) is 2.81. The molecule has 0 spiro atoms. The lowest BCUT2D eigenvalue weighted by atomic mass is 9.92. The van der Waals surface area contributed by atoms with Gasteiger partial charge in [-0.05, 0) is 69.3 Å². The van der Waals surface area contributed by atoms with Crippen molar-refractivity contribution in [2.45, 2.75) is 45.4 Å². The summed E-state index contributed by atoms with van der Waals surface area (Å²) in [4.78, 5) is 12.2. The molecule has 0 atom stereocenters. The summed E-state index contributed by atoms with van der Waals surface area (Å²) < 4.78 is 0. The van der Waals surface area contributed by atoms with Crippen molar-refractivity contribution in [1.29, 1.82) is 0 Å². The van der Waals surface area contributed by atoms with Crippen LogP contribution in [0.15, 0.2) is 72.8 Å². The predicted octanol–water partition coefficient (Wildman–Crippen LogP) is 6.87. The first kappa shape index (κ1) is 21.9. The molecule has 0 bridgehead atoms. The Morgan fingerprint density at radius 1 is 0.844 bits per heavy atom. The van der Waals surface area contributed by atoms with Crippen LogP contribution < -0.4 is 11.1 Å². The number of hydrogen-bond acceptors (Lipinski definition) is 2. The Kier molecular flexibility index (Phi) is 7.06. The third-order valence-electron chi connectivity index (χ3n) is 6.14. The van der Waals surface area contributed by atoms with E-state index in [1.807, 2.05) is 12.1 Å². The molecule has 0 aliphatic rings. The van der Waals surface area contributed by atoms with Gasteiger partial charge < -0.3 is 11.1 Å². The lowest BCUT2D eigenvalue weighted by Crippen LogP contribution is -2.25. The van der Waals surface area contributed by atoms with E-state index in [1.165, 1.54) is 45.7 Å². The van der Waals surface area contributed by atoms with Crippen LogP contribution in [-0.4, -0.2) is 12.5 Å². The number of carbonyl (C=O) groups excluding carboxylic acids is 1. The highest BCUT2D eigenvalue weighted by Gasteiger charge is 2.10. The summed E-state index contributed by atoms with van der Waals surface area (Å²) in [5.41, 5.74) is 10.5. The lowest BCUT2D eigenvalue weighted by Gasteiger charge is -2.14. The number of nitrogens with two attached hydrogens (primary N) is 1. The maximum atomic E-state index is 12.2. The zero-order chi connectivity index (χ0) is 22.3. The number of hydrogen-bond donors (Lipinski definition) is 2. The molecule has 0 heterocycles. The van der Waals surface area contributed by atoms with Gasteiger partial charge in [-0.25, -0.2) is 0 Å². The fourth-order valence-corrected chi connectivity index (χ4v) is 4.43. The Balaban J connectivity index is 1.60. The first-order valence-corrected chi connectivity index (χ1v) is 11.7. The van der Waals surface area contributed by atoms with Crippen LogP contribution >= 0.6 is 0 Å². The van der Waals surface area contributed by atoms with Gasteiger partial charge in [0, 0.05) is 18.7 Å². The van der Waals surface area contributed by atoms with Gasteiger partial charge in [-0.2, -0.15) is 0 Å². The monoisotopic (exact) mass is 424 g/mol. The standard InChI is InChI=1S/C29H32N2O/c1-2-3-4-5-13-29(32)31-17-16-23-19-24(18-22-14-15-25(30)20-28(22)23)27-12-8-10-21-9-6-7-11-26(21)27/h6-12,14-15,18-20H,2-5,13,16-17,30H2,1H3,(H,31,32). The molecule has 1 amide bonds. The van der Waals surface area contributed by atoms with Gasteiger partial charge in [0.05, 0.1) is 0 Å². The Morgan fingerprint density at radius 3 is 2.56 bits per heavy atom. The lowest BCUT2D eigenvalue weighted by molar-refractivity contribution is -0.121. The van der Waals surface area contributed by atoms with Crippen molar-refractivity contribution in [1.82, 2.24) is 5.32 Å². The van der Waals surface area contributed by atoms with E-state index < -0.39 is 0 Å². The van der Waals surface area contributed by atoms with Crippen molar-refractivity contribution in [2.24, 2.45) is 0 Å². The van der Waals surface area contributed by atoms with Crippen molar-refractivity contribution >= 4 is 33.1 Å². The molecule has 0 unspecified atom stereocenters. The smallest absolute Gasteiger partial charge is 0.220 e. The molecule has 0 aliphatic carbocycles. The Hall–Kier alpha value is -3.33. The van der Waals surface area contributed by atoms with E-state index >= 15 is 0 Å².